The highest BCUT2D eigenvalue weighted by Crippen LogP contribution is 2.53. The van der Waals surface area contributed by atoms with Crippen LogP contribution in [-0.2, 0) is 23.1 Å². The zero-order valence-electron chi connectivity index (χ0n) is 19.0. The molecular weight excluding hydrogens is 382 g/mol. The van der Waals surface area contributed by atoms with E-state index in [0.29, 0.717) is 23.5 Å². The van der Waals surface area contributed by atoms with E-state index in [1.165, 1.54) is 35.2 Å². The number of ketones is 1. The predicted molar refractivity (Wildman–Crippen MR) is 124 cm³/mol. The van der Waals surface area contributed by atoms with Gasteiger partial charge < -0.3 is 4.74 Å². The lowest BCUT2D eigenvalue weighted by Crippen LogP contribution is -2.37. The van der Waals surface area contributed by atoms with Gasteiger partial charge in [0.2, 0.25) is 0 Å². The summed E-state index contributed by atoms with van der Waals surface area (Å²) in [5.41, 5.74) is 5.81. The van der Waals surface area contributed by atoms with E-state index in [2.05, 4.69) is 49.2 Å². The first-order chi connectivity index (χ1) is 15.1. The second-order valence-electron chi connectivity index (χ2n) is 10.4. The molecule has 31 heavy (non-hydrogen) atoms. The number of rotatable bonds is 5. The quantitative estimate of drug-likeness (QED) is 0.583. The highest BCUT2D eigenvalue weighted by Gasteiger charge is 2.48. The van der Waals surface area contributed by atoms with Crippen LogP contribution >= 0.6 is 0 Å². The van der Waals surface area contributed by atoms with Crippen LogP contribution in [0.4, 0.5) is 0 Å². The highest BCUT2D eigenvalue weighted by molar-refractivity contribution is 5.79. The first-order valence-corrected chi connectivity index (χ1v) is 12.3. The Bertz CT molecular complexity index is 955. The molecule has 2 aromatic rings. The number of aromatic nitrogens is 1. The van der Waals surface area contributed by atoms with Gasteiger partial charge >= 0.3 is 0 Å². The minimum Gasteiger partial charge on any atom is -0.493 e. The molecule has 3 nitrogen and oxygen atoms in total. The van der Waals surface area contributed by atoms with Crippen molar-refractivity contribution in [2.45, 2.75) is 83.0 Å². The Morgan fingerprint density at radius 2 is 1.97 bits per heavy atom. The second-order valence-corrected chi connectivity index (χ2v) is 10.4. The van der Waals surface area contributed by atoms with Gasteiger partial charge in [0.15, 0.2) is 0 Å². The maximum atomic E-state index is 12.0. The van der Waals surface area contributed by atoms with Gasteiger partial charge in [0.1, 0.15) is 11.5 Å². The molecule has 1 fully saturated rings. The summed E-state index contributed by atoms with van der Waals surface area (Å²) in [6, 6.07) is 11.0. The van der Waals surface area contributed by atoms with Gasteiger partial charge in [-0.3, -0.25) is 9.78 Å². The van der Waals surface area contributed by atoms with Gasteiger partial charge in [-0.25, -0.2) is 0 Å². The fourth-order valence-electron chi connectivity index (χ4n) is 6.68. The minimum atomic E-state index is 0.198. The third-order valence-corrected chi connectivity index (χ3v) is 8.29. The van der Waals surface area contributed by atoms with E-state index < -0.39 is 0 Å². The zero-order valence-corrected chi connectivity index (χ0v) is 19.0. The number of ether oxygens (including phenoxy) is 1. The maximum absolute atomic E-state index is 12.0. The lowest BCUT2D eigenvalue weighted by atomic mass is 9.63. The van der Waals surface area contributed by atoms with Crippen LogP contribution in [0.25, 0.3) is 0 Å². The van der Waals surface area contributed by atoms with Crippen LogP contribution in [0.1, 0.15) is 87.1 Å². The lowest BCUT2D eigenvalue weighted by molar-refractivity contribution is -0.121. The summed E-state index contributed by atoms with van der Waals surface area (Å²) in [7, 11) is 0. The average molecular weight is 418 g/mol. The molecule has 1 heterocycles. The van der Waals surface area contributed by atoms with Gasteiger partial charge in [0.05, 0.1) is 6.61 Å². The number of Topliss-reactive ketones (excluding diaryl/α,β-unsaturated/α-hetero) is 1. The molecule has 0 radical (unpaired) electrons. The molecule has 0 aliphatic heterocycles. The summed E-state index contributed by atoms with van der Waals surface area (Å²) < 4.78 is 6.42. The molecule has 3 heteroatoms. The lowest BCUT2D eigenvalue weighted by Gasteiger charge is -2.40. The number of hydrogen-bond donors (Lipinski definition) is 0. The molecule has 3 atom stereocenters. The minimum absolute atomic E-state index is 0.198. The van der Waals surface area contributed by atoms with Crippen LogP contribution in [0, 0.1) is 11.8 Å². The van der Waals surface area contributed by atoms with Crippen LogP contribution < -0.4 is 4.74 Å². The summed E-state index contributed by atoms with van der Waals surface area (Å²) in [5.74, 6) is 3.13. The van der Waals surface area contributed by atoms with E-state index in [1.807, 2.05) is 6.20 Å². The molecule has 0 unspecified atom stereocenters. The van der Waals surface area contributed by atoms with Crippen molar-refractivity contribution in [2.24, 2.45) is 11.8 Å². The SMILES string of the molecule is C[C@@H](COc1ccnc2c1[C@H](C)CCC2)C[C@@H]1Cc2ccccc2C12CCC(=O)CC2. The standard InChI is InChI=1S/C28H35NO2/c1-19(18-31-26-12-15-29-25-9-5-6-20(2)27(25)26)16-22-17-21-7-3-4-8-24(21)28(22)13-10-23(30)11-14-28/h3-4,7-8,12,15,19-20,22H,5-6,9-11,13-14,16-18H2,1-2H3/t19-,20-,22-/m1/s1. The summed E-state index contributed by atoms with van der Waals surface area (Å²) in [4.78, 5) is 16.6. The van der Waals surface area contributed by atoms with E-state index in [-0.39, 0.29) is 5.41 Å². The van der Waals surface area contributed by atoms with E-state index in [4.69, 9.17) is 4.74 Å². The van der Waals surface area contributed by atoms with Crippen LogP contribution in [0.2, 0.25) is 0 Å². The van der Waals surface area contributed by atoms with Gasteiger partial charge in [-0.1, -0.05) is 38.1 Å². The van der Waals surface area contributed by atoms with E-state index in [1.54, 1.807) is 0 Å². The van der Waals surface area contributed by atoms with Crippen molar-refractivity contribution in [1.29, 1.82) is 0 Å². The fourth-order valence-corrected chi connectivity index (χ4v) is 6.68. The second kappa shape index (κ2) is 8.41. The van der Waals surface area contributed by atoms with E-state index in [0.717, 1.165) is 57.3 Å². The van der Waals surface area contributed by atoms with Gasteiger partial charge in [-0.15, -0.1) is 0 Å². The number of fused-ring (bicyclic) bond motifs is 3. The summed E-state index contributed by atoms with van der Waals surface area (Å²) in [6.45, 7) is 5.40. The van der Waals surface area contributed by atoms with Crippen molar-refractivity contribution < 1.29 is 9.53 Å². The predicted octanol–water partition coefficient (Wildman–Crippen LogP) is 6.18. The van der Waals surface area contributed by atoms with Crippen molar-refractivity contribution in [1.82, 2.24) is 4.98 Å². The number of benzene rings is 1. The van der Waals surface area contributed by atoms with Crippen molar-refractivity contribution in [2.75, 3.05) is 6.61 Å². The number of nitrogens with zero attached hydrogens (tertiary/aromatic N) is 1. The molecule has 1 saturated carbocycles. The third kappa shape index (κ3) is 3.81. The Kier molecular flexibility index (Phi) is 5.62. The maximum Gasteiger partial charge on any atom is 0.132 e. The van der Waals surface area contributed by atoms with Crippen molar-refractivity contribution in [3.8, 4) is 5.75 Å². The fraction of sp³-hybridized carbons (Fsp3) is 0.571. The average Bonchev–Trinajstić information content (AvgIpc) is 3.07. The molecule has 0 amide bonds. The van der Waals surface area contributed by atoms with Gasteiger partial charge in [-0.2, -0.15) is 0 Å². The van der Waals surface area contributed by atoms with Gasteiger partial charge in [0.25, 0.3) is 0 Å². The molecule has 0 saturated heterocycles. The third-order valence-electron chi connectivity index (χ3n) is 8.29. The molecule has 0 N–H and O–H groups in total. The molecule has 5 rings (SSSR count). The van der Waals surface area contributed by atoms with Crippen LogP contribution in [0.15, 0.2) is 36.5 Å². The van der Waals surface area contributed by atoms with E-state index >= 15 is 0 Å². The topological polar surface area (TPSA) is 39.2 Å². The molecule has 1 aromatic carbocycles. The normalized spacial score (nSPS) is 25.2. The molecule has 1 aromatic heterocycles. The van der Waals surface area contributed by atoms with Gasteiger partial charge in [-0.05, 0) is 85.3 Å². The molecule has 3 aliphatic carbocycles. The Balaban J connectivity index is 1.30. The monoisotopic (exact) mass is 417 g/mol. The Morgan fingerprint density at radius 3 is 2.81 bits per heavy atom. The van der Waals surface area contributed by atoms with Crippen molar-refractivity contribution in [3.63, 3.8) is 0 Å². The van der Waals surface area contributed by atoms with Crippen molar-refractivity contribution >= 4 is 5.78 Å². The Morgan fingerprint density at radius 1 is 1.16 bits per heavy atom. The van der Waals surface area contributed by atoms with Gasteiger partial charge in [0, 0.05) is 30.3 Å². The highest BCUT2D eigenvalue weighted by atomic mass is 16.5. The molecule has 3 aliphatic rings. The molecule has 1 spiro atoms. The number of pyridine rings is 1. The van der Waals surface area contributed by atoms with E-state index in [9.17, 15) is 4.79 Å². The summed E-state index contributed by atoms with van der Waals surface area (Å²) >= 11 is 0. The van der Waals surface area contributed by atoms with Crippen molar-refractivity contribution in [3.05, 3.63) is 58.9 Å². The Labute approximate surface area is 186 Å². The molecule has 164 valence electrons. The molecular formula is C28H35NO2. The molecule has 0 bridgehead atoms. The Hall–Kier alpha value is -2.16. The van der Waals surface area contributed by atoms with Crippen LogP contribution in [0.5, 0.6) is 5.75 Å². The van der Waals surface area contributed by atoms with Crippen LogP contribution in [0.3, 0.4) is 0 Å². The van der Waals surface area contributed by atoms with Crippen LogP contribution in [-0.4, -0.2) is 17.4 Å². The first kappa shape index (κ1) is 20.7. The number of carbonyl (C=O) groups is 1. The summed E-state index contributed by atoms with van der Waals surface area (Å²) in [6.07, 6.45) is 11.3. The zero-order chi connectivity index (χ0) is 21.4. The number of hydrogen-bond acceptors (Lipinski definition) is 3. The largest absolute Gasteiger partial charge is 0.493 e. The smallest absolute Gasteiger partial charge is 0.132 e. The number of carbonyl (C=O) groups excluding carboxylic acids is 1. The summed E-state index contributed by atoms with van der Waals surface area (Å²) in [5, 5.41) is 0. The number of aryl methyl sites for hydroxylation is 1. The first-order valence-electron chi connectivity index (χ1n) is 12.3.